The van der Waals surface area contributed by atoms with Crippen LogP contribution in [0.15, 0.2) is 60.8 Å². The maximum atomic E-state index is 12.9. The Morgan fingerprint density at radius 3 is 1.68 bits per heavy atom. The zero-order chi connectivity index (χ0) is 47.4. The van der Waals surface area contributed by atoms with E-state index in [4.69, 9.17) is 14.2 Å². The molecule has 1 fully saturated rings. The summed E-state index contributed by atoms with van der Waals surface area (Å²) < 4.78 is 16.6. The zero-order valence-electron chi connectivity index (χ0n) is 40.9. The summed E-state index contributed by atoms with van der Waals surface area (Å²) in [5, 5.41) is 54.0. The number of hydrogen-bond donors (Lipinski definition) is 6. The molecular formula is C54H95NO10. The standard InChI is InChI=1S/C54H95NO10/c1-3-5-7-9-11-13-14-18-22-26-30-34-38-42-50(59)63-43-39-35-31-27-23-20-17-15-16-19-21-25-29-33-37-41-49(58)55-46(47(57)40-36-32-28-24-12-10-8-6-4-2)45-64-54-53(62)52(61)51(60)48(44-56)65-54/h4,6,12,15,17,20,23-24,36,40,46-48,51-54,56-57,60-62H,3,5,7-11,13-14,16,18-19,21-22,25-35,37-39,41-45H2,1-2H3,(H,55,58)/b6-4+,17-15-,23-20-,24-12+,40-36+. The van der Waals surface area contributed by atoms with E-state index in [-0.39, 0.29) is 18.5 Å². The number of esters is 1. The van der Waals surface area contributed by atoms with E-state index in [1.54, 1.807) is 6.08 Å². The lowest BCUT2D eigenvalue weighted by molar-refractivity contribution is -0.302. The van der Waals surface area contributed by atoms with Gasteiger partial charge in [0.15, 0.2) is 6.29 Å². The Morgan fingerprint density at radius 2 is 1.11 bits per heavy atom. The van der Waals surface area contributed by atoms with E-state index >= 15 is 0 Å². The predicted molar refractivity (Wildman–Crippen MR) is 264 cm³/mol. The van der Waals surface area contributed by atoms with Gasteiger partial charge in [-0.15, -0.1) is 0 Å². The van der Waals surface area contributed by atoms with Gasteiger partial charge < -0.3 is 45.1 Å². The van der Waals surface area contributed by atoms with Gasteiger partial charge in [0.05, 0.1) is 32.0 Å². The molecule has 65 heavy (non-hydrogen) atoms. The highest BCUT2D eigenvalue weighted by Gasteiger charge is 2.44. The van der Waals surface area contributed by atoms with Crippen LogP contribution >= 0.6 is 0 Å². The molecule has 6 N–H and O–H groups in total. The van der Waals surface area contributed by atoms with Crippen molar-refractivity contribution in [1.29, 1.82) is 0 Å². The van der Waals surface area contributed by atoms with E-state index in [1.807, 2.05) is 19.1 Å². The number of aliphatic hydroxyl groups excluding tert-OH is 5. The molecule has 0 radical (unpaired) electrons. The first-order chi connectivity index (χ1) is 31.7. The summed E-state index contributed by atoms with van der Waals surface area (Å²) in [4.78, 5) is 25.0. The van der Waals surface area contributed by atoms with E-state index in [9.17, 15) is 35.1 Å². The Kier molecular flexibility index (Phi) is 40.8. The monoisotopic (exact) mass is 918 g/mol. The second-order valence-electron chi connectivity index (χ2n) is 17.9. The first-order valence-corrected chi connectivity index (χ1v) is 26.0. The van der Waals surface area contributed by atoms with Crippen molar-refractivity contribution in [3.8, 4) is 0 Å². The number of carbonyl (C=O) groups excluding carboxylic acids is 2. The normalized spacial score (nSPS) is 20.3. The van der Waals surface area contributed by atoms with Crippen molar-refractivity contribution in [3.63, 3.8) is 0 Å². The molecule has 0 aromatic rings. The molecule has 7 atom stereocenters. The minimum absolute atomic E-state index is 0.0424. The molecule has 376 valence electrons. The van der Waals surface area contributed by atoms with Crippen LogP contribution in [0.3, 0.4) is 0 Å². The van der Waals surface area contributed by atoms with Crippen molar-refractivity contribution >= 4 is 11.9 Å². The quantitative estimate of drug-likeness (QED) is 0.0149. The second kappa shape index (κ2) is 43.9. The first kappa shape index (κ1) is 60.4. The summed E-state index contributed by atoms with van der Waals surface area (Å²) in [6.07, 6.45) is 44.8. The summed E-state index contributed by atoms with van der Waals surface area (Å²) in [6.45, 7) is 3.99. The van der Waals surface area contributed by atoms with Crippen LogP contribution in [0.4, 0.5) is 0 Å². The van der Waals surface area contributed by atoms with Crippen LogP contribution in [0, 0.1) is 0 Å². The number of amides is 1. The molecule has 1 rings (SSSR count). The molecule has 1 aliphatic heterocycles. The van der Waals surface area contributed by atoms with Gasteiger partial charge in [-0.1, -0.05) is 170 Å². The summed E-state index contributed by atoms with van der Waals surface area (Å²) in [5.41, 5.74) is 0. The van der Waals surface area contributed by atoms with Crippen LogP contribution in [-0.2, 0) is 23.8 Å². The maximum Gasteiger partial charge on any atom is 0.305 e. The molecule has 0 aromatic carbocycles. The average Bonchev–Trinajstić information content (AvgIpc) is 3.30. The molecule has 0 bridgehead atoms. The number of unbranched alkanes of at least 4 members (excludes halogenated alkanes) is 23. The Morgan fingerprint density at radius 1 is 0.600 bits per heavy atom. The van der Waals surface area contributed by atoms with Crippen molar-refractivity contribution in [2.45, 2.75) is 249 Å². The maximum absolute atomic E-state index is 12.9. The number of aliphatic hydroxyl groups is 5. The summed E-state index contributed by atoms with van der Waals surface area (Å²) in [5.74, 6) is -0.266. The molecule has 0 spiro atoms. The molecule has 0 aliphatic carbocycles. The molecule has 1 amide bonds. The fourth-order valence-corrected chi connectivity index (χ4v) is 7.76. The third kappa shape index (κ3) is 34.3. The van der Waals surface area contributed by atoms with Crippen molar-refractivity contribution in [2.24, 2.45) is 0 Å². The van der Waals surface area contributed by atoms with Crippen molar-refractivity contribution < 1.29 is 49.3 Å². The van der Waals surface area contributed by atoms with Gasteiger partial charge >= 0.3 is 5.97 Å². The molecule has 11 heteroatoms. The minimum atomic E-state index is -1.59. The summed E-state index contributed by atoms with van der Waals surface area (Å²) in [7, 11) is 0. The van der Waals surface area contributed by atoms with E-state index in [0.717, 1.165) is 96.3 Å². The van der Waals surface area contributed by atoms with Crippen molar-refractivity contribution in [1.82, 2.24) is 5.32 Å². The van der Waals surface area contributed by atoms with E-state index in [0.29, 0.717) is 32.3 Å². The van der Waals surface area contributed by atoms with E-state index in [2.05, 4.69) is 54.8 Å². The Bertz CT molecular complexity index is 1270. The van der Waals surface area contributed by atoms with Gasteiger partial charge in [0.2, 0.25) is 5.91 Å². The minimum Gasteiger partial charge on any atom is -0.466 e. The fourth-order valence-electron chi connectivity index (χ4n) is 7.76. The first-order valence-electron chi connectivity index (χ1n) is 26.0. The topological polar surface area (TPSA) is 175 Å². The summed E-state index contributed by atoms with van der Waals surface area (Å²) >= 11 is 0. The third-order valence-corrected chi connectivity index (χ3v) is 12.0. The van der Waals surface area contributed by atoms with E-state index < -0.39 is 49.5 Å². The van der Waals surface area contributed by atoms with Gasteiger partial charge in [-0.2, -0.15) is 0 Å². The Labute approximate surface area is 395 Å². The highest BCUT2D eigenvalue weighted by atomic mass is 16.7. The smallest absolute Gasteiger partial charge is 0.305 e. The van der Waals surface area contributed by atoms with Gasteiger partial charge in [-0.05, 0) is 84.0 Å². The fraction of sp³-hybridized carbons (Fsp3) is 0.778. The van der Waals surface area contributed by atoms with Crippen LogP contribution in [0.25, 0.3) is 0 Å². The van der Waals surface area contributed by atoms with Crippen LogP contribution in [0.5, 0.6) is 0 Å². The zero-order valence-corrected chi connectivity index (χ0v) is 40.9. The van der Waals surface area contributed by atoms with Crippen LogP contribution in [0.2, 0.25) is 0 Å². The van der Waals surface area contributed by atoms with Gasteiger partial charge in [0.25, 0.3) is 0 Å². The number of nitrogens with one attached hydrogen (secondary N) is 1. The highest BCUT2D eigenvalue weighted by molar-refractivity contribution is 5.76. The molecule has 1 saturated heterocycles. The molecule has 1 aliphatic rings. The lowest BCUT2D eigenvalue weighted by Gasteiger charge is -2.40. The molecule has 7 unspecified atom stereocenters. The highest BCUT2D eigenvalue weighted by Crippen LogP contribution is 2.22. The second-order valence-corrected chi connectivity index (χ2v) is 17.9. The number of allylic oxidation sites excluding steroid dienone is 9. The number of carbonyl (C=O) groups is 2. The average molecular weight is 918 g/mol. The molecule has 0 aromatic heterocycles. The number of ether oxygens (including phenoxy) is 3. The van der Waals surface area contributed by atoms with Crippen molar-refractivity contribution in [2.75, 3.05) is 19.8 Å². The molecule has 11 nitrogen and oxygen atoms in total. The lowest BCUT2D eigenvalue weighted by Crippen LogP contribution is -2.60. The molecule has 1 heterocycles. The molecule has 0 saturated carbocycles. The van der Waals surface area contributed by atoms with Crippen molar-refractivity contribution in [3.05, 3.63) is 60.8 Å². The SMILES string of the molecule is C/C=C/CC/C=C/CC/C=C/C(O)C(COC1OC(CO)C(O)C(O)C1O)NC(=O)CCCCCCCC/C=C\C=C/CCCCCOC(=O)CCCCCCCCCCCCCCC. The Balaban J connectivity index is 2.15. The van der Waals surface area contributed by atoms with Crippen LogP contribution in [0.1, 0.15) is 206 Å². The van der Waals surface area contributed by atoms with Gasteiger partial charge in [-0.25, -0.2) is 0 Å². The largest absolute Gasteiger partial charge is 0.466 e. The van der Waals surface area contributed by atoms with Crippen LogP contribution < -0.4 is 5.32 Å². The van der Waals surface area contributed by atoms with Gasteiger partial charge in [-0.3, -0.25) is 9.59 Å². The van der Waals surface area contributed by atoms with Gasteiger partial charge in [0.1, 0.15) is 24.4 Å². The number of hydrogen-bond acceptors (Lipinski definition) is 10. The Hall–Kier alpha value is -2.64. The summed E-state index contributed by atoms with van der Waals surface area (Å²) in [6, 6.07) is -0.850. The van der Waals surface area contributed by atoms with Gasteiger partial charge in [0, 0.05) is 12.8 Å². The lowest BCUT2D eigenvalue weighted by atomic mass is 9.99. The van der Waals surface area contributed by atoms with Crippen LogP contribution in [-0.4, -0.2) is 100 Å². The number of rotatable bonds is 43. The predicted octanol–water partition coefficient (Wildman–Crippen LogP) is 10.7. The third-order valence-electron chi connectivity index (χ3n) is 12.0. The van der Waals surface area contributed by atoms with E-state index in [1.165, 1.54) is 70.6 Å². The molecular weight excluding hydrogens is 823 g/mol.